The van der Waals surface area contributed by atoms with E-state index in [1.807, 2.05) is 6.92 Å². The van der Waals surface area contributed by atoms with Crippen LogP contribution >= 0.6 is 35.6 Å². The number of guanidine groups is 1. The topological polar surface area (TPSA) is 46.1 Å². The van der Waals surface area contributed by atoms with Crippen LogP contribution in [0.15, 0.2) is 23.2 Å². The molecule has 0 amide bonds. The molecule has 5 nitrogen and oxygen atoms in total. The molecule has 0 bridgehead atoms. The molecular formula is C18H25ClF2IN3O2. The predicted octanol–water partition coefficient (Wildman–Crippen LogP) is 4.14. The lowest BCUT2D eigenvalue weighted by Gasteiger charge is -2.25. The molecule has 152 valence electrons. The number of nitrogens with zero attached hydrogens (tertiary/aromatic N) is 2. The average molecular weight is 516 g/mol. The molecule has 0 aliphatic carbocycles. The Bertz CT molecular complexity index is 657. The molecule has 1 aromatic carbocycles. The Balaban J connectivity index is 0.00000261. The van der Waals surface area contributed by atoms with Gasteiger partial charge in [-0.1, -0.05) is 11.6 Å². The van der Waals surface area contributed by atoms with Crippen molar-refractivity contribution < 1.29 is 18.3 Å². The number of benzene rings is 1. The summed E-state index contributed by atoms with van der Waals surface area (Å²) in [5, 5.41) is 3.75. The molecule has 2 heterocycles. The van der Waals surface area contributed by atoms with Crippen LogP contribution in [0.1, 0.15) is 25.3 Å². The van der Waals surface area contributed by atoms with E-state index in [2.05, 4.69) is 19.9 Å². The van der Waals surface area contributed by atoms with E-state index in [1.165, 1.54) is 12.1 Å². The molecule has 1 spiro atoms. The number of likely N-dealkylation sites (tertiary alicyclic amines) is 1. The first kappa shape index (κ1) is 22.4. The fourth-order valence-corrected chi connectivity index (χ4v) is 3.75. The molecule has 0 radical (unpaired) electrons. The second-order valence-electron chi connectivity index (χ2n) is 6.77. The highest BCUT2D eigenvalue weighted by Gasteiger charge is 2.42. The third-order valence-corrected chi connectivity index (χ3v) is 5.13. The van der Waals surface area contributed by atoms with Crippen molar-refractivity contribution in [3.05, 3.63) is 28.8 Å². The SMILES string of the molecule is CCNC(=NCc1cc(Cl)ccc1OC(F)F)N1CCC2(CCOC2)C1.I. The van der Waals surface area contributed by atoms with E-state index in [-0.39, 0.29) is 41.7 Å². The highest BCUT2D eigenvalue weighted by atomic mass is 127. The van der Waals surface area contributed by atoms with Crippen LogP contribution in [0.2, 0.25) is 5.02 Å². The Kier molecular flexibility index (Phi) is 8.36. The molecule has 2 aliphatic rings. The summed E-state index contributed by atoms with van der Waals surface area (Å²) in [6.45, 7) is 3.49. The van der Waals surface area contributed by atoms with Gasteiger partial charge in [0.15, 0.2) is 5.96 Å². The highest BCUT2D eigenvalue weighted by Crippen LogP contribution is 2.38. The predicted molar refractivity (Wildman–Crippen MR) is 112 cm³/mol. The monoisotopic (exact) mass is 515 g/mol. The van der Waals surface area contributed by atoms with Crippen molar-refractivity contribution in [3.63, 3.8) is 0 Å². The molecule has 2 aliphatic heterocycles. The van der Waals surface area contributed by atoms with Crippen LogP contribution in [0.4, 0.5) is 8.78 Å². The number of aliphatic imine (C=N–C) groups is 1. The molecule has 1 N–H and O–H groups in total. The van der Waals surface area contributed by atoms with Crippen molar-refractivity contribution in [2.24, 2.45) is 10.4 Å². The number of rotatable bonds is 5. The standard InChI is InChI=1S/C18H24ClF2N3O2.HI/c1-2-22-17(24-7-5-18(11-24)6-8-25-12-18)23-10-13-9-14(19)3-4-15(13)26-16(20)21;/h3-4,9,16H,2,5-8,10-12H2,1H3,(H,22,23);1H. The van der Waals surface area contributed by atoms with Gasteiger partial charge >= 0.3 is 6.61 Å². The zero-order chi connectivity index (χ0) is 18.6. The van der Waals surface area contributed by atoms with E-state index in [0.717, 1.165) is 51.6 Å². The van der Waals surface area contributed by atoms with E-state index >= 15 is 0 Å². The van der Waals surface area contributed by atoms with Gasteiger partial charge in [-0.2, -0.15) is 8.78 Å². The Morgan fingerprint density at radius 3 is 2.93 bits per heavy atom. The van der Waals surface area contributed by atoms with Crippen molar-refractivity contribution in [3.8, 4) is 5.75 Å². The number of ether oxygens (including phenoxy) is 2. The lowest BCUT2D eigenvalue weighted by molar-refractivity contribution is -0.0504. The van der Waals surface area contributed by atoms with Gasteiger partial charge in [0.1, 0.15) is 5.75 Å². The summed E-state index contributed by atoms with van der Waals surface area (Å²) in [5.41, 5.74) is 0.752. The van der Waals surface area contributed by atoms with Crippen molar-refractivity contribution in [1.29, 1.82) is 0 Å². The quantitative estimate of drug-likeness (QED) is 0.364. The lowest BCUT2D eigenvalue weighted by atomic mass is 9.87. The van der Waals surface area contributed by atoms with Gasteiger partial charge in [-0.05, 0) is 38.0 Å². The van der Waals surface area contributed by atoms with Crippen molar-refractivity contribution in [2.75, 3.05) is 32.8 Å². The largest absolute Gasteiger partial charge is 0.434 e. The molecule has 1 atom stereocenters. The Labute approximate surface area is 180 Å². The fraction of sp³-hybridized carbons (Fsp3) is 0.611. The molecule has 3 rings (SSSR count). The number of nitrogens with one attached hydrogen (secondary N) is 1. The van der Waals surface area contributed by atoms with Crippen LogP contribution < -0.4 is 10.1 Å². The summed E-state index contributed by atoms with van der Waals surface area (Å²) in [6.07, 6.45) is 2.15. The highest BCUT2D eigenvalue weighted by molar-refractivity contribution is 14.0. The molecule has 27 heavy (non-hydrogen) atoms. The van der Waals surface area contributed by atoms with E-state index < -0.39 is 6.61 Å². The van der Waals surface area contributed by atoms with Crippen LogP contribution in [0, 0.1) is 5.41 Å². The Morgan fingerprint density at radius 1 is 1.44 bits per heavy atom. The van der Waals surface area contributed by atoms with E-state index in [9.17, 15) is 8.78 Å². The lowest BCUT2D eigenvalue weighted by Crippen LogP contribution is -2.41. The molecule has 1 aromatic rings. The summed E-state index contributed by atoms with van der Waals surface area (Å²) in [5.74, 6) is 0.880. The summed E-state index contributed by atoms with van der Waals surface area (Å²) >= 11 is 6.01. The van der Waals surface area contributed by atoms with Crippen molar-refractivity contribution >= 4 is 41.5 Å². The molecule has 0 aromatic heterocycles. The third kappa shape index (κ3) is 5.80. The van der Waals surface area contributed by atoms with Crippen LogP contribution in [0.25, 0.3) is 0 Å². The summed E-state index contributed by atoms with van der Waals surface area (Å²) in [4.78, 5) is 6.86. The average Bonchev–Trinajstić information content (AvgIpc) is 3.23. The second-order valence-corrected chi connectivity index (χ2v) is 7.21. The Hall–Kier alpha value is -0.870. The van der Waals surface area contributed by atoms with Crippen molar-refractivity contribution in [1.82, 2.24) is 10.2 Å². The molecule has 9 heteroatoms. The normalized spacial score (nSPS) is 22.4. The minimum absolute atomic E-state index is 0. The molecule has 0 saturated carbocycles. The maximum atomic E-state index is 12.6. The zero-order valence-electron chi connectivity index (χ0n) is 15.2. The van der Waals surface area contributed by atoms with E-state index in [4.69, 9.17) is 16.3 Å². The molecule has 2 fully saturated rings. The van der Waals surface area contributed by atoms with Gasteiger partial charge in [0, 0.05) is 42.2 Å². The summed E-state index contributed by atoms with van der Waals surface area (Å²) in [6, 6.07) is 4.59. The van der Waals surface area contributed by atoms with E-state index in [0.29, 0.717) is 10.6 Å². The van der Waals surface area contributed by atoms with Crippen LogP contribution in [-0.2, 0) is 11.3 Å². The van der Waals surface area contributed by atoms with Gasteiger partial charge < -0.3 is 19.7 Å². The first-order valence-electron chi connectivity index (χ1n) is 8.85. The number of alkyl halides is 2. The van der Waals surface area contributed by atoms with Crippen LogP contribution in [0.5, 0.6) is 5.75 Å². The van der Waals surface area contributed by atoms with Gasteiger partial charge in [0.05, 0.1) is 13.2 Å². The second kappa shape index (κ2) is 10.1. The maximum absolute atomic E-state index is 12.6. The first-order valence-corrected chi connectivity index (χ1v) is 9.23. The maximum Gasteiger partial charge on any atom is 0.387 e. The van der Waals surface area contributed by atoms with Gasteiger partial charge in [0.25, 0.3) is 0 Å². The van der Waals surface area contributed by atoms with Gasteiger partial charge in [0.2, 0.25) is 0 Å². The van der Waals surface area contributed by atoms with Crippen molar-refractivity contribution in [2.45, 2.75) is 32.9 Å². The van der Waals surface area contributed by atoms with E-state index in [1.54, 1.807) is 6.07 Å². The number of hydrogen-bond donors (Lipinski definition) is 1. The van der Waals surface area contributed by atoms with Crippen LogP contribution in [0.3, 0.4) is 0 Å². The Morgan fingerprint density at radius 2 is 2.26 bits per heavy atom. The van der Waals surface area contributed by atoms with Crippen LogP contribution in [-0.4, -0.2) is 50.3 Å². The third-order valence-electron chi connectivity index (χ3n) is 4.90. The van der Waals surface area contributed by atoms with Gasteiger partial charge in [-0.25, -0.2) is 4.99 Å². The minimum atomic E-state index is -2.88. The van der Waals surface area contributed by atoms with Gasteiger partial charge in [-0.3, -0.25) is 0 Å². The fourth-order valence-electron chi connectivity index (χ4n) is 3.56. The molecular weight excluding hydrogens is 491 g/mol. The first-order chi connectivity index (χ1) is 12.5. The van der Waals surface area contributed by atoms with Gasteiger partial charge in [-0.15, -0.1) is 24.0 Å². The minimum Gasteiger partial charge on any atom is -0.434 e. The molecule has 2 saturated heterocycles. The number of halogens is 4. The molecule has 1 unspecified atom stereocenters. The number of hydrogen-bond acceptors (Lipinski definition) is 3. The summed E-state index contributed by atoms with van der Waals surface area (Å²) in [7, 11) is 0. The zero-order valence-corrected chi connectivity index (χ0v) is 18.3. The summed E-state index contributed by atoms with van der Waals surface area (Å²) < 4.78 is 35.4. The smallest absolute Gasteiger partial charge is 0.387 e.